The second kappa shape index (κ2) is 10.2. The molecular formula is C29H29FN6O4. The minimum Gasteiger partial charge on any atom is -0.467 e. The third-order valence-electron chi connectivity index (χ3n) is 7.64. The number of aromatic nitrogens is 3. The number of methoxy groups -OCH3 is 1. The number of Topliss-reactive ketones (excluding diaryl/α,β-unsaturated/α-hetero) is 1. The Labute approximate surface area is 230 Å². The van der Waals surface area contributed by atoms with Crippen molar-refractivity contribution in [2.45, 2.75) is 32.3 Å². The van der Waals surface area contributed by atoms with E-state index < -0.39 is 5.82 Å². The predicted molar refractivity (Wildman–Crippen MR) is 148 cm³/mol. The largest absolute Gasteiger partial charge is 0.467 e. The number of nitrogens with zero attached hydrogens (tertiary/aromatic N) is 5. The van der Waals surface area contributed by atoms with Crippen molar-refractivity contribution in [1.82, 2.24) is 19.4 Å². The number of nitrogens with one attached hydrogen (secondary N) is 1. The van der Waals surface area contributed by atoms with E-state index in [1.807, 2.05) is 4.90 Å². The molecule has 4 heterocycles. The highest BCUT2D eigenvalue weighted by Crippen LogP contribution is 2.41. The summed E-state index contributed by atoms with van der Waals surface area (Å²) in [5, 5.41) is 13.5. The average molecular weight is 545 g/mol. The van der Waals surface area contributed by atoms with Gasteiger partial charge in [-0.3, -0.25) is 9.59 Å². The molecule has 11 heteroatoms. The molecule has 2 aliphatic heterocycles. The van der Waals surface area contributed by atoms with Gasteiger partial charge in [0.05, 0.1) is 13.7 Å². The number of ether oxygens (including phenoxy) is 1. The van der Waals surface area contributed by atoms with Gasteiger partial charge in [0.2, 0.25) is 5.78 Å². The number of ketones is 1. The van der Waals surface area contributed by atoms with Gasteiger partial charge in [-0.1, -0.05) is 0 Å². The molecule has 1 aromatic carbocycles. The second-order valence-corrected chi connectivity index (χ2v) is 10.0. The molecule has 0 spiro atoms. The van der Waals surface area contributed by atoms with Crippen molar-refractivity contribution in [2.75, 3.05) is 30.4 Å². The third-order valence-corrected chi connectivity index (χ3v) is 7.64. The summed E-state index contributed by atoms with van der Waals surface area (Å²) in [6, 6.07) is 6.06. The highest BCUT2D eigenvalue weighted by atomic mass is 19.1. The maximum Gasteiger partial charge on any atom is 0.318 e. The number of rotatable bonds is 6. The number of anilines is 3. The van der Waals surface area contributed by atoms with Gasteiger partial charge in [0.25, 0.3) is 5.56 Å². The lowest BCUT2D eigenvalue weighted by molar-refractivity contribution is -0.112. The molecule has 0 bridgehead atoms. The van der Waals surface area contributed by atoms with E-state index in [9.17, 15) is 14.7 Å². The normalized spacial score (nSPS) is 16.6. The first-order valence-corrected chi connectivity index (χ1v) is 13.2. The molecule has 0 fully saturated rings. The van der Waals surface area contributed by atoms with Crippen molar-refractivity contribution < 1.29 is 19.0 Å². The van der Waals surface area contributed by atoms with Crippen LogP contribution in [0.1, 0.15) is 31.2 Å². The first-order valence-electron chi connectivity index (χ1n) is 13.2. The van der Waals surface area contributed by atoms with Gasteiger partial charge >= 0.3 is 6.01 Å². The molecule has 3 aromatic rings. The highest BCUT2D eigenvalue weighted by Gasteiger charge is 2.38. The zero-order valence-corrected chi connectivity index (χ0v) is 22.3. The van der Waals surface area contributed by atoms with Crippen LogP contribution >= 0.6 is 0 Å². The predicted octanol–water partition coefficient (Wildman–Crippen LogP) is 3.60. The maximum atomic E-state index is 15.2. The van der Waals surface area contributed by atoms with Crippen molar-refractivity contribution in [2.24, 2.45) is 7.05 Å². The quantitative estimate of drug-likeness (QED) is 0.481. The van der Waals surface area contributed by atoms with Crippen LogP contribution < -0.4 is 20.5 Å². The van der Waals surface area contributed by atoms with E-state index in [-0.39, 0.29) is 29.6 Å². The van der Waals surface area contributed by atoms with E-state index >= 15 is 4.39 Å². The van der Waals surface area contributed by atoms with E-state index in [2.05, 4.69) is 20.2 Å². The number of aliphatic hydroxyl groups excluding tert-OH is 1. The summed E-state index contributed by atoms with van der Waals surface area (Å²) in [5.74, 6) is -0.107. The van der Waals surface area contributed by atoms with Crippen LogP contribution in [0, 0.1) is 5.82 Å². The Hall–Kier alpha value is -4.51. The van der Waals surface area contributed by atoms with E-state index in [0.717, 1.165) is 37.0 Å². The lowest BCUT2D eigenvalue weighted by atomic mass is 9.96. The molecule has 3 aliphatic rings. The monoisotopic (exact) mass is 544 g/mol. The van der Waals surface area contributed by atoms with Crippen LogP contribution in [0.2, 0.25) is 0 Å². The summed E-state index contributed by atoms with van der Waals surface area (Å²) in [7, 11) is 3.04. The summed E-state index contributed by atoms with van der Waals surface area (Å²) in [4.78, 5) is 38.2. The summed E-state index contributed by atoms with van der Waals surface area (Å²) >= 11 is 0. The number of carbonyl (C=O) groups excluding carboxylic acids is 1. The topological polar surface area (TPSA) is 113 Å². The van der Waals surface area contributed by atoms with E-state index in [0.29, 0.717) is 47.0 Å². The number of halogens is 1. The van der Waals surface area contributed by atoms with E-state index in [1.165, 1.54) is 30.0 Å². The minimum atomic E-state index is -0.498. The SMILES string of the molecule is COc1nccc(Nc2cc(-c3cc(F)cc(N4C=C5C(=O)C6=C(CCCC6)N5CC4)c3CO)cn(C)c2=O)n1. The molecule has 0 saturated heterocycles. The van der Waals surface area contributed by atoms with Gasteiger partial charge in [0.15, 0.2) is 0 Å². The van der Waals surface area contributed by atoms with Gasteiger partial charge in [-0.15, -0.1) is 0 Å². The molecule has 10 nitrogen and oxygen atoms in total. The highest BCUT2D eigenvalue weighted by molar-refractivity contribution is 6.11. The second-order valence-electron chi connectivity index (χ2n) is 10.0. The molecule has 6 rings (SSSR count). The van der Waals surface area contributed by atoms with Gasteiger partial charge in [-0.05, 0) is 55.5 Å². The molecule has 0 saturated carbocycles. The number of pyridine rings is 1. The third kappa shape index (κ3) is 4.41. The summed E-state index contributed by atoms with van der Waals surface area (Å²) in [6.45, 7) is 0.758. The van der Waals surface area contributed by atoms with Crippen molar-refractivity contribution in [1.29, 1.82) is 0 Å². The Morgan fingerprint density at radius 3 is 2.77 bits per heavy atom. The Morgan fingerprint density at radius 2 is 1.98 bits per heavy atom. The molecule has 40 heavy (non-hydrogen) atoms. The smallest absolute Gasteiger partial charge is 0.318 e. The number of aryl methyl sites for hydroxylation is 1. The fourth-order valence-corrected chi connectivity index (χ4v) is 5.75. The average Bonchev–Trinajstić information content (AvgIpc) is 3.26. The fourth-order valence-electron chi connectivity index (χ4n) is 5.75. The Kier molecular flexibility index (Phi) is 6.59. The number of carbonyl (C=O) groups is 1. The molecule has 0 atom stereocenters. The van der Waals surface area contributed by atoms with Crippen LogP contribution in [-0.4, -0.2) is 50.5 Å². The standard InChI is InChI=1S/C29H29FN6O4/c1-34-14-17(11-22(28(34)39)32-26-7-8-31-29(33-26)40-2)20-12-18(30)13-24(21(20)16-37)35-9-10-36-23-6-4-3-5-19(23)27(38)25(36)15-35/h7-8,11-15,37H,3-6,9-10,16H2,1-2H3,(H,31,32,33). The molecule has 1 aliphatic carbocycles. The molecule has 0 unspecified atom stereocenters. The number of hydrogen-bond acceptors (Lipinski definition) is 9. The summed E-state index contributed by atoms with van der Waals surface area (Å²) < 4.78 is 21.6. The number of fused-ring (bicyclic) bond motifs is 2. The van der Waals surface area contributed by atoms with Crippen LogP contribution in [0.4, 0.5) is 21.6 Å². The van der Waals surface area contributed by atoms with Crippen LogP contribution in [0.15, 0.2) is 64.6 Å². The molecule has 0 radical (unpaired) electrons. The zero-order valence-electron chi connectivity index (χ0n) is 22.3. The fraction of sp³-hybridized carbons (Fsp3) is 0.310. The molecule has 2 N–H and O–H groups in total. The molecule has 2 aromatic heterocycles. The number of benzene rings is 1. The van der Waals surface area contributed by atoms with Gasteiger partial charge in [-0.25, -0.2) is 9.37 Å². The number of hydrogen-bond donors (Lipinski definition) is 2. The molecule has 0 amide bonds. The van der Waals surface area contributed by atoms with Gasteiger partial charge in [-0.2, -0.15) is 4.98 Å². The Bertz CT molecular complexity index is 1650. The van der Waals surface area contributed by atoms with E-state index in [4.69, 9.17) is 4.74 Å². The first kappa shape index (κ1) is 25.8. The van der Waals surface area contributed by atoms with Crippen LogP contribution in [0.3, 0.4) is 0 Å². The van der Waals surface area contributed by atoms with Crippen LogP contribution in [-0.2, 0) is 18.4 Å². The summed E-state index contributed by atoms with van der Waals surface area (Å²) in [6.07, 6.45) is 8.65. The maximum absolute atomic E-state index is 15.2. The van der Waals surface area contributed by atoms with Crippen molar-refractivity contribution in [3.05, 3.63) is 81.6 Å². The van der Waals surface area contributed by atoms with Gasteiger partial charge in [0, 0.05) is 66.8 Å². The van der Waals surface area contributed by atoms with Crippen LogP contribution in [0.25, 0.3) is 11.1 Å². The lowest BCUT2D eigenvalue weighted by Crippen LogP contribution is -2.37. The molecule has 206 valence electrons. The minimum absolute atomic E-state index is 0.0386. The van der Waals surface area contributed by atoms with Crippen LogP contribution in [0.5, 0.6) is 6.01 Å². The Morgan fingerprint density at radius 1 is 1.15 bits per heavy atom. The van der Waals surface area contributed by atoms with Crippen molar-refractivity contribution in [3.8, 4) is 17.1 Å². The Balaban J connectivity index is 1.40. The number of aliphatic hydroxyl groups is 1. The summed E-state index contributed by atoms with van der Waals surface area (Å²) in [5.41, 5.74) is 4.43. The van der Waals surface area contributed by atoms with Gasteiger partial charge in [0.1, 0.15) is 23.0 Å². The van der Waals surface area contributed by atoms with Crippen molar-refractivity contribution in [3.63, 3.8) is 0 Å². The molecular weight excluding hydrogens is 515 g/mol. The zero-order chi connectivity index (χ0) is 28.0. The van der Waals surface area contributed by atoms with Crippen molar-refractivity contribution >= 4 is 23.0 Å². The first-order chi connectivity index (χ1) is 19.4. The van der Waals surface area contributed by atoms with Gasteiger partial charge < -0.3 is 29.5 Å². The number of allylic oxidation sites excluding steroid dienone is 2. The van der Waals surface area contributed by atoms with E-state index in [1.54, 1.807) is 31.6 Å². The lowest BCUT2D eigenvalue weighted by Gasteiger charge is -2.35.